The average Bonchev–Trinajstić information content (AvgIpc) is 3.39. The second kappa shape index (κ2) is 9.47. The van der Waals surface area contributed by atoms with E-state index in [1.54, 1.807) is 23.5 Å². The minimum atomic E-state index is -0.289. The first-order valence-corrected chi connectivity index (χ1v) is 11.8. The van der Waals surface area contributed by atoms with Gasteiger partial charge in [-0.05, 0) is 23.6 Å². The Balaban J connectivity index is 1.28. The first-order valence-electron chi connectivity index (χ1n) is 9.52. The molecule has 0 radical (unpaired) electrons. The van der Waals surface area contributed by atoms with Crippen LogP contribution in [0.25, 0.3) is 10.7 Å². The second-order valence-electron chi connectivity index (χ2n) is 6.99. The summed E-state index contributed by atoms with van der Waals surface area (Å²) in [7, 11) is 1.91. The lowest BCUT2D eigenvalue weighted by Crippen LogP contribution is -2.48. The van der Waals surface area contributed by atoms with Crippen molar-refractivity contribution in [3.8, 4) is 10.7 Å². The van der Waals surface area contributed by atoms with Crippen LogP contribution in [0.1, 0.15) is 5.56 Å². The number of nitrogens with zero attached hydrogens (tertiary/aromatic N) is 5. The summed E-state index contributed by atoms with van der Waals surface area (Å²) < 4.78 is 15.9. The molecule has 1 aromatic carbocycles. The summed E-state index contributed by atoms with van der Waals surface area (Å²) in [5.74, 6) is 0.905. The van der Waals surface area contributed by atoms with Crippen LogP contribution in [0.3, 0.4) is 0 Å². The molecule has 1 aliphatic heterocycles. The number of carbonyl (C=O) groups excluding carboxylic acids is 1. The molecule has 0 unspecified atom stereocenters. The molecular weight excluding hydrogens is 445 g/mol. The number of benzene rings is 1. The fourth-order valence-electron chi connectivity index (χ4n) is 3.34. The maximum atomic E-state index is 14.0. The molecule has 1 amide bonds. The van der Waals surface area contributed by atoms with Gasteiger partial charge in [0.05, 0.1) is 10.6 Å². The van der Waals surface area contributed by atoms with Crippen molar-refractivity contribution in [3.05, 3.63) is 52.1 Å². The van der Waals surface area contributed by atoms with E-state index in [9.17, 15) is 9.18 Å². The number of halogens is 2. The SMILES string of the molecule is Cn1c(SCC(=O)N2CCN(Cc3c(F)cccc3Cl)CC2)nnc1-c1cccs1. The molecule has 1 fully saturated rings. The van der Waals surface area contributed by atoms with Crippen LogP contribution < -0.4 is 0 Å². The number of piperazine rings is 1. The van der Waals surface area contributed by atoms with E-state index in [-0.39, 0.29) is 11.7 Å². The van der Waals surface area contributed by atoms with Crippen molar-refractivity contribution in [2.75, 3.05) is 31.9 Å². The lowest BCUT2D eigenvalue weighted by Gasteiger charge is -2.34. The molecule has 0 N–H and O–H groups in total. The fraction of sp³-hybridized carbons (Fsp3) is 0.350. The molecular formula is C20H21ClFN5OS2. The fourth-order valence-corrected chi connectivity index (χ4v) is 5.12. The lowest BCUT2D eigenvalue weighted by molar-refractivity contribution is -0.130. The third kappa shape index (κ3) is 4.69. The molecule has 0 bridgehead atoms. The molecule has 10 heteroatoms. The van der Waals surface area contributed by atoms with Crippen LogP contribution in [0.15, 0.2) is 40.9 Å². The highest BCUT2D eigenvalue weighted by molar-refractivity contribution is 7.99. The van der Waals surface area contributed by atoms with Gasteiger partial charge in [-0.1, -0.05) is 35.5 Å². The van der Waals surface area contributed by atoms with Crippen molar-refractivity contribution < 1.29 is 9.18 Å². The van der Waals surface area contributed by atoms with E-state index in [1.165, 1.54) is 17.8 Å². The highest BCUT2D eigenvalue weighted by Crippen LogP contribution is 2.26. The van der Waals surface area contributed by atoms with Gasteiger partial charge in [0, 0.05) is 50.4 Å². The Bertz CT molecular complexity index is 998. The van der Waals surface area contributed by atoms with E-state index in [4.69, 9.17) is 11.6 Å². The van der Waals surface area contributed by atoms with Crippen molar-refractivity contribution in [2.45, 2.75) is 11.7 Å². The molecule has 0 spiro atoms. The standard InChI is InChI=1S/C20H21ClFN5OS2/c1-25-19(17-6-3-11-29-17)23-24-20(25)30-13-18(28)27-9-7-26(8-10-27)12-14-15(21)4-2-5-16(14)22/h2-6,11H,7-10,12-13H2,1H3. The third-order valence-corrected chi connectivity index (χ3v) is 7.29. The first-order chi connectivity index (χ1) is 14.5. The van der Waals surface area contributed by atoms with Gasteiger partial charge in [-0.3, -0.25) is 9.69 Å². The summed E-state index contributed by atoms with van der Waals surface area (Å²) in [6, 6.07) is 8.71. The number of hydrogen-bond acceptors (Lipinski definition) is 6. The number of carbonyl (C=O) groups is 1. The number of amides is 1. The number of rotatable bonds is 6. The summed E-state index contributed by atoms with van der Waals surface area (Å²) >= 11 is 9.13. The number of hydrogen-bond donors (Lipinski definition) is 0. The molecule has 0 aliphatic carbocycles. The van der Waals surface area contributed by atoms with Gasteiger partial charge in [0.2, 0.25) is 5.91 Å². The molecule has 3 heterocycles. The van der Waals surface area contributed by atoms with Crippen molar-refractivity contribution >= 4 is 40.6 Å². The molecule has 3 aromatic rings. The summed E-state index contributed by atoms with van der Waals surface area (Å²) in [5.41, 5.74) is 0.512. The Hall–Kier alpha value is -1.94. The van der Waals surface area contributed by atoms with E-state index >= 15 is 0 Å². The highest BCUT2D eigenvalue weighted by Gasteiger charge is 2.23. The molecule has 1 saturated heterocycles. The average molecular weight is 466 g/mol. The quantitative estimate of drug-likeness (QED) is 0.519. The van der Waals surface area contributed by atoms with Gasteiger partial charge in [-0.15, -0.1) is 21.5 Å². The largest absolute Gasteiger partial charge is 0.339 e. The van der Waals surface area contributed by atoms with Gasteiger partial charge in [-0.25, -0.2) is 4.39 Å². The molecule has 0 atom stereocenters. The zero-order valence-corrected chi connectivity index (χ0v) is 18.8. The van der Waals surface area contributed by atoms with Gasteiger partial charge in [-0.2, -0.15) is 0 Å². The molecule has 2 aromatic heterocycles. The topological polar surface area (TPSA) is 54.3 Å². The lowest BCUT2D eigenvalue weighted by atomic mass is 10.2. The van der Waals surface area contributed by atoms with E-state index < -0.39 is 0 Å². The smallest absolute Gasteiger partial charge is 0.233 e. The van der Waals surface area contributed by atoms with Gasteiger partial charge in [0.15, 0.2) is 11.0 Å². The van der Waals surface area contributed by atoms with Crippen molar-refractivity contribution in [1.82, 2.24) is 24.6 Å². The van der Waals surface area contributed by atoms with Crippen LogP contribution in [0.4, 0.5) is 4.39 Å². The monoisotopic (exact) mass is 465 g/mol. The number of thioether (sulfide) groups is 1. The molecule has 0 saturated carbocycles. The van der Waals surface area contributed by atoms with Crippen LogP contribution in [0.5, 0.6) is 0 Å². The first kappa shape index (κ1) is 21.3. The zero-order valence-electron chi connectivity index (χ0n) is 16.4. The van der Waals surface area contributed by atoms with Crippen molar-refractivity contribution in [3.63, 3.8) is 0 Å². The van der Waals surface area contributed by atoms with E-state index in [0.29, 0.717) is 49.1 Å². The number of aromatic nitrogens is 3. The summed E-state index contributed by atoms with van der Waals surface area (Å²) in [6.07, 6.45) is 0. The second-order valence-corrected chi connectivity index (χ2v) is 9.29. The van der Waals surface area contributed by atoms with Crippen LogP contribution in [0.2, 0.25) is 5.02 Å². The normalized spacial score (nSPS) is 15.0. The third-order valence-electron chi connectivity index (χ3n) is 5.07. The van der Waals surface area contributed by atoms with E-state index in [0.717, 1.165) is 15.9 Å². The predicted molar refractivity (Wildman–Crippen MR) is 118 cm³/mol. The van der Waals surface area contributed by atoms with Gasteiger partial charge in [0.1, 0.15) is 5.82 Å². The summed E-state index contributed by atoms with van der Waals surface area (Å²) in [6.45, 7) is 3.06. The zero-order chi connectivity index (χ0) is 21.1. The van der Waals surface area contributed by atoms with Gasteiger partial charge < -0.3 is 9.47 Å². The Kier molecular flexibility index (Phi) is 6.72. The molecule has 30 heavy (non-hydrogen) atoms. The van der Waals surface area contributed by atoms with Crippen LogP contribution in [-0.2, 0) is 18.4 Å². The predicted octanol–water partition coefficient (Wildman–Crippen LogP) is 3.77. The van der Waals surface area contributed by atoms with Gasteiger partial charge in [0.25, 0.3) is 0 Å². The molecule has 6 nitrogen and oxygen atoms in total. The van der Waals surface area contributed by atoms with E-state index in [1.807, 2.05) is 34.0 Å². The van der Waals surface area contributed by atoms with Crippen LogP contribution in [0, 0.1) is 5.82 Å². The minimum Gasteiger partial charge on any atom is -0.339 e. The maximum Gasteiger partial charge on any atom is 0.233 e. The van der Waals surface area contributed by atoms with Crippen LogP contribution in [-0.4, -0.2) is 62.4 Å². The summed E-state index contributed by atoms with van der Waals surface area (Å²) in [4.78, 5) is 17.7. The molecule has 4 rings (SSSR count). The Morgan fingerprint density at radius 3 is 2.70 bits per heavy atom. The molecule has 1 aliphatic rings. The van der Waals surface area contributed by atoms with Crippen LogP contribution >= 0.6 is 34.7 Å². The maximum absolute atomic E-state index is 14.0. The van der Waals surface area contributed by atoms with Gasteiger partial charge >= 0.3 is 0 Å². The minimum absolute atomic E-state index is 0.0734. The molecule has 158 valence electrons. The Labute approximate surface area is 187 Å². The Morgan fingerprint density at radius 1 is 1.20 bits per heavy atom. The number of thiophene rings is 1. The Morgan fingerprint density at radius 2 is 2.00 bits per heavy atom. The highest BCUT2D eigenvalue weighted by atomic mass is 35.5. The van der Waals surface area contributed by atoms with E-state index in [2.05, 4.69) is 15.1 Å². The van der Waals surface area contributed by atoms with Crippen molar-refractivity contribution in [1.29, 1.82) is 0 Å². The van der Waals surface area contributed by atoms with Crippen molar-refractivity contribution in [2.24, 2.45) is 7.05 Å². The summed E-state index contributed by atoms with van der Waals surface area (Å²) in [5, 5.41) is 11.6.